The second kappa shape index (κ2) is 8.86. The van der Waals surface area contributed by atoms with E-state index in [2.05, 4.69) is 14.7 Å². The lowest BCUT2D eigenvalue weighted by atomic mass is 10.3. The SMILES string of the molecule is N#Cc1nc(N2CCC(S(=O)(=O)c3ccc(OCC(F)(F)F)cc3Cl)C2)cc(C(F)(F)F)n1. The summed E-state index contributed by atoms with van der Waals surface area (Å²) >= 11 is 5.97. The normalized spacial score (nSPS) is 17.2. The van der Waals surface area contributed by atoms with Gasteiger partial charge in [-0.15, -0.1) is 0 Å². The van der Waals surface area contributed by atoms with E-state index in [9.17, 15) is 34.8 Å². The van der Waals surface area contributed by atoms with Crippen LogP contribution in [0.1, 0.15) is 17.9 Å². The van der Waals surface area contributed by atoms with Crippen LogP contribution in [0.15, 0.2) is 29.2 Å². The molecule has 3 rings (SSSR count). The molecule has 0 amide bonds. The highest BCUT2D eigenvalue weighted by Gasteiger charge is 2.38. The lowest BCUT2D eigenvalue weighted by Crippen LogP contribution is -2.28. The molecule has 1 saturated heterocycles. The minimum atomic E-state index is -4.84. The van der Waals surface area contributed by atoms with Gasteiger partial charge in [-0.05, 0) is 18.6 Å². The summed E-state index contributed by atoms with van der Waals surface area (Å²) < 4.78 is 107. The monoisotopic (exact) mass is 514 g/mol. The first kappa shape index (κ1) is 24.8. The number of sulfone groups is 1. The summed E-state index contributed by atoms with van der Waals surface area (Å²) in [5, 5.41) is 7.47. The lowest BCUT2D eigenvalue weighted by Gasteiger charge is -2.19. The van der Waals surface area contributed by atoms with Gasteiger partial charge in [0.05, 0.1) is 15.2 Å². The zero-order valence-corrected chi connectivity index (χ0v) is 17.9. The Hall–Kier alpha value is -2.79. The van der Waals surface area contributed by atoms with Crippen molar-refractivity contribution in [2.45, 2.75) is 28.9 Å². The van der Waals surface area contributed by atoms with Crippen LogP contribution in [0.4, 0.5) is 32.2 Å². The first-order valence-electron chi connectivity index (χ1n) is 9.05. The van der Waals surface area contributed by atoms with E-state index >= 15 is 0 Å². The molecule has 178 valence electrons. The van der Waals surface area contributed by atoms with E-state index in [4.69, 9.17) is 16.9 Å². The van der Waals surface area contributed by atoms with Crippen LogP contribution in [0, 0.1) is 11.3 Å². The van der Waals surface area contributed by atoms with Gasteiger partial charge in [-0.25, -0.2) is 18.4 Å². The summed E-state index contributed by atoms with van der Waals surface area (Å²) in [7, 11) is -4.11. The summed E-state index contributed by atoms with van der Waals surface area (Å²) in [4.78, 5) is 7.77. The van der Waals surface area contributed by atoms with Gasteiger partial charge in [0, 0.05) is 25.2 Å². The van der Waals surface area contributed by atoms with E-state index in [1.54, 1.807) is 0 Å². The number of aromatic nitrogens is 2. The van der Waals surface area contributed by atoms with Crippen LogP contribution in [-0.2, 0) is 16.0 Å². The van der Waals surface area contributed by atoms with Crippen LogP contribution >= 0.6 is 11.6 Å². The zero-order valence-electron chi connectivity index (χ0n) is 16.3. The third-order valence-electron chi connectivity index (χ3n) is 4.62. The van der Waals surface area contributed by atoms with Crippen molar-refractivity contribution in [1.29, 1.82) is 5.26 Å². The van der Waals surface area contributed by atoms with E-state index in [1.165, 1.54) is 11.0 Å². The van der Waals surface area contributed by atoms with Gasteiger partial charge in [0.2, 0.25) is 5.82 Å². The molecule has 0 radical (unpaired) electrons. The molecule has 1 aromatic heterocycles. The van der Waals surface area contributed by atoms with Gasteiger partial charge in [-0.2, -0.15) is 31.6 Å². The molecule has 0 saturated carbocycles. The number of halogens is 7. The van der Waals surface area contributed by atoms with Crippen molar-refractivity contribution in [2.24, 2.45) is 0 Å². The Kier molecular flexibility index (Phi) is 6.67. The molecule has 1 aliphatic heterocycles. The molecule has 1 fully saturated rings. The van der Waals surface area contributed by atoms with Gasteiger partial charge in [0.25, 0.3) is 0 Å². The molecule has 1 atom stereocenters. The summed E-state index contributed by atoms with van der Waals surface area (Å²) in [5.74, 6) is -1.26. The average molecular weight is 515 g/mol. The van der Waals surface area contributed by atoms with E-state index in [-0.39, 0.29) is 41.0 Å². The first-order chi connectivity index (χ1) is 15.2. The number of ether oxygens (including phenoxy) is 1. The summed E-state index contributed by atoms with van der Waals surface area (Å²) in [5.41, 5.74) is -1.34. The van der Waals surface area contributed by atoms with E-state index in [0.29, 0.717) is 6.07 Å². The van der Waals surface area contributed by atoms with Crippen molar-refractivity contribution in [1.82, 2.24) is 9.97 Å². The van der Waals surface area contributed by atoms with Gasteiger partial charge in [-0.1, -0.05) is 11.6 Å². The van der Waals surface area contributed by atoms with Gasteiger partial charge in [0.1, 0.15) is 17.6 Å². The highest BCUT2D eigenvalue weighted by molar-refractivity contribution is 7.92. The fourth-order valence-corrected chi connectivity index (χ4v) is 5.36. The largest absolute Gasteiger partial charge is 0.484 e. The van der Waals surface area contributed by atoms with Gasteiger partial charge in [-0.3, -0.25) is 0 Å². The van der Waals surface area contributed by atoms with Crippen molar-refractivity contribution in [2.75, 3.05) is 24.6 Å². The Morgan fingerprint density at radius 3 is 2.45 bits per heavy atom. The number of nitrogens with zero attached hydrogens (tertiary/aromatic N) is 4. The number of alkyl halides is 6. The molecule has 0 bridgehead atoms. The Labute approximate surface area is 188 Å². The van der Waals surface area contributed by atoms with Crippen molar-refractivity contribution in [3.63, 3.8) is 0 Å². The third kappa shape index (κ3) is 5.77. The highest BCUT2D eigenvalue weighted by Crippen LogP contribution is 2.34. The topological polar surface area (TPSA) is 96.2 Å². The molecular weight excluding hydrogens is 502 g/mol. The number of rotatable bonds is 5. The Balaban J connectivity index is 1.82. The summed E-state index contributed by atoms with van der Waals surface area (Å²) in [6.07, 6.45) is -9.42. The Morgan fingerprint density at radius 2 is 1.88 bits per heavy atom. The number of hydrogen-bond acceptors (Lipinski definition) is 7. The Morgan fingerprint density at radius 1 is 1.18 bits per heavy atom. The molecule has 2 heterocycles. The average Bonchev–Trinajstić information content (AvgIpc) is 3.22. The third-order valence-corrected chi connectivity index (χ3v) is 7.28. The van der Waals surface area contributed by atoms with Gasteiger partial charge < -0.3 is 9.64 Å². The van der Waals surface area contributed by atoms with Crippen molar-refractivity contribution < 1.29 is 39.5 Å². The highest BCUT2D eigenvalue weighted by atomic mass is 35.5. The van der Waals surface area contributed by atoms with Crippen molar-refractivity contribution in [3.8, 4) is 11.8 Å². The molecule has 33 heavy (non-hydrogen) atoms. The van der Waals surface area contributed by atoms with E-state index in [0.717, 1.165) is 18.2 Å². The zero-order chi connectivity index (χ0) is 24.6. The minimum Gasteiger partial charge on any atom is -0.484 e. The molecular formula is C18H13ClF6N4O3S. The fourth-order valence-electron chi connectivity index (χ4n) is 3.13. The smallest absolute Gasteiger partial charge is 0.433 e. The fraction of sp³-hybridized carbons (Fsp3) is 0.389. The molecule has 15 heteroatoms. The predicted molar refractivity (Wildman–Crippen MR) is 103 cm³/mol. The van der Waals surface area contributed by atoms with E-state index < -0.39 is 45.6 Å². The van der Waals surface area contributed by atoms with Crippen LogP contribution in [0.3, 0.4) is 0 Å². The predicted octanol–water partition coefficient (Wildman–Crippen LogP) is 4.01. The number of anilines is 1. The quantitative estimate of drug-likeness (QED) is 0.556. The maximum Gasteiger partial charge on any atom is 0.433 e. The standard InChI is InChI=1S/C18H13ClF6N4O3S/c19-12-5-10(32-9-17(20,21)22)1-2-13(12)33(30,31)11-3-4-29(8-11)16-6-14(18(23,24)25)27-15(7-26)28-16/h1-2,5-6,11H,3-4,8-9H2. The van der Waals surface area contributed by atoms with Crippen LogP contribution < -0.4 is 9.64 Å². The minimum absolute atomic E-state index is 0.0121. The van der Waals surface area contributed by atoms with Crippen molar-refractivity contribution in [3.05, 3.63) is 40.8 Å². The molecule has 1 unspecified atom stereocenters. The van der Waals surface area contributed by atoms with Crippen molar-refractivity contribution >= 4 is 27.3 Å². The number of benzene rings is 1. The molecule has 0 spiro atoms. The van der Waals surface area contributed by atoms with Crippen LogP contribution in [0.25, 0.3) is 0 Å². The number of hydrogen-bond donors (Lipinski definition) is 0. The molecule has 1 aromatic carbocycles. The summed E-state index contributed by atoms with van der Waals surface area (Å²) in [6, 6.07) is 5.02. The lowest BCUT2D eigenvalue weighted by molar-refractivity contribution is -0.153. The van der Waals surface area contributed by atoms with Crippen LogP contribution in [0.2, 0.25) is 5.02 Å². The van der Waals surface area contributed by atoms with Crippen LogP contribution in [-0.4, -0.2) is 49.5 Å². The summed E-state index contributed by atoms with van der Waals surface area (Å²) in [6.45, 7) is -1.81. The molecule has 0 N–H and O–H groups in total. The molecule has 7 nitrogen and oxygen atoms in total. The molecule has 1 aliphatic rings. The second-order valence-electron chi connectivity index (χ2n) is 6.94. The van der Waals surface area contributed by atoms with Gasteiger partial charge in [0.15, 0.2) is 22.1 Å². The van der Waals surface area contributed by atoms with Crippen LogP contribution in [0.5, 0.6) is 5.75 Å². The molecule has 0 aliphatic carbocycles. The maximum atomic E-state index is 13.1. The molecule has 2 aromatic rings. The second-order valence-corrected chi connectivity index (χ2v) is 9.55. The maximum absolute atomic E-state index is 13.1. The Bertz CT molecular complexity index is 1200. The first-order valence-corrected chi connectivity index (χ1v) is 11.0. The van der Waals surface area contributed by atoms with E-state index in [1.807, 2.05) is 0 Å². The van der Waals surface area contributed by atoms with Gasteiger partial charge >= 0.3 is 12.4 Å². The number of nitriles is 1.